The zero-order valence-corrected chi connectivity index (χ0v) is 12.0. The number of benzene rings is 1. The van der Waals surface area contributed by atoms with Crippen LogP contribution in [0.4, 0.5) is 0 Å². The number of hydrogen-bond donors (Lipinski definition) is 4. The predicted octanol–water partition coefficient (Wildman–Crippen LogP) is 0.290. The molecule has 0 aliphatic carbocycles. The quantitative estimate of drug-likeness (QED) is 0.614. The maximum absolute atomic E-state index is 11.9. The molecule has 0 unspecified atom stereocenters. The van der Waals surface area contributed by atoms with Gasteiger partial charge in [0, 0.05) is 23.6 Å². The van der Waals surface area contributed by atoms with Gasteiger partial charge in [-0.25, -0.2) is 0 Å². The largest absolute Gasteiger partial charge is 0.361 e. The molecule has 21 heavy (non-hydrogen) atoms. The van der Waals surface area contributed by atoms with Gasteiger partial charge in [0.15, 0.2) is 0 Å². The van der Waals surface area contributed by atoms with Crippen LogP contribution >= 0.6 is 0 Å². The fourth-order valence-electron chi connectivity index (χ4n) is 2.19. The number of fused-ring (bicyclic) bond motifs is 1. The molecule has 1 heterocycles. The summed E-state index contributed by atoms with van der Waals surface area (Å²) >= 11 is 0. The summed E-state index contributed by atoms with van der Waals surface area (Å²) in [6, 6.07) is 7.17. The number of aromatic amines is 1. The van der Waals surface area contributed by atoms with Crippen molar-refractivity contribution in [3.63, 3.8) is 0 Å². The van der Waals surface area contributed by atoms with E-state index in [9.17, 15) is 9.59 Å². The molecular formula is C15H20N4O2. The van der Waals surface area contributed by atoms with Crippen LogP contribution in [0.2, 0.25) is 0 Å². The van der Waals surface area contributed by atoms with Crippen LogP contribution in [-0.4, -0.2) is 35.9 Å². The van der Waals surface area contributed by atoms with E-state index in [1.807, 2.05) is 37.4 Å². The smallest absolute Gasteiger partial charge is 0.239 e. The van der Waals surface area contributed by atoms with Gasteiger partial charge in [-0.2, -0.15) is 0 Å². The lowest BCUT2D eigenvalue weighted by Gasteiger charge is -2.11. The molecule has 6 heteroatoms. The van der Waals surface area contributed by atoms with Crippen LogP contribution in [-0.2, 0) is 16.0 Å². The number of nitrogens with two attached hydrogens (primary N) is 1. The molecule has 2 aromatic rings. The topological polar surface area (TPSA) is 100 Å². The van der Waals surface area contributed by atoms with Crippen molar-refractivity contribution in [2.75, 3.05) is 13.1 Å². The SMILES string of the molecule is CCNC(=O)CNC(=O)[C@@H](N)Cc1c[nH]c2ccccc12. The lowest BCUT2D eigenvalue weighted by Crippen LogP contribution is -2.45. The highest BCUT2D eigenvalue weighted by Crippen LogP contribution is 2.18. The van der Waals surface area contributed by atoms with Crippen molar-refractivity contribution in [1.29, 1.82) is 0 Å². The summed E-state index contributed by atoms with van der Waals surface area (Å²) in [7, 11) is 0. The zero-order valence-electron chi connectivity index (χ0n) is 12.0. The second kappa shape index (κ2) is 6.90. The molecule has 112 valence electrons. The number of carbonyl (C=O) groups excluding carboxylic acids is 2. The number of rotatable bonds is 6. The molecule has 0 bridgehead atoms. The molecule has 2 amide bonds. The van der Waals surface area contributed by atoms with E-state index >= 15 is 0 Å². The molecule has 1 aromatic carbocycles. The summed E-state index contributed by atoms with van der Waals surface area (Å²) in [5.74, 6) is -0.545. The van der Waals surface area contributed by atoms with Crippen molar-refractivity contribution in [3.05, 3.63) is 36.0 Å². The van der Waals surface area contributed by atoms with Crippen LogP contribution in [0.25, 0.3) is 10.9 Å². The van der Waals surface area contributed by atoms with Crippen LogP contribution in [0.5, 0.6) is 0 Å². The minimum Gasteiger partial charge on any atom is -0.361 e. The first-order valence-electron chi connectivity index (χ1n) is 6.96. The number of hydrogen-bond acceptors (Lipinski definition) is 3. The highest BCUT2D eigenvalue weighted by Gasteiger charge is 2.16. The van der Waals surface area contributed by atoms with Gasteiger partial charge in [0.1, 0.15) is 0 Å². The Kier molecular flexibility index (Phi) is 4.94. The van der Waals surface area contributed by atoms with Gasteiger partial charge in [0.25, 0.3) is 0 Å². The fourth-order valence-corrected chi connectivity index (χ4v) is 2.19. The summed E-state index contributed by atoms with van der Waals surface area (Å²) < 4.78 is 0. The average molecular weight is 288 g/mol. The molecule has 0 aliphatic rings. The van der Waals surface area contributed by atoms with Gasteiger partial charge >= 0.3 is 0 Å². The zero-order chi connectivity index (χ0) is 15.2. The number of para-hydroxylation sites is 1. The van der Waals surface area contributed by atoms with Gasteiger partial charge in [-0.15, -0.1) is 0 Å². The van der Waals surface area contributed by atoms with Crippen molar-refractivity contribution >= 4 is 22.7 Å². The third-order valence-electron chi connectivity index (χ3n) is 3.25. The number of H-pyrrole nitrogens is 1. The predicted molar refractivity (Wildman–Crippen MR) is 81.7 cm³/mol. The van der Waals surface area contributed by atoms with Crippen LogP contribution in [0.1, 0.15) is 12.5 Å². The maximum Gasteiger partial charge on any atom is 0.239 e. The second-order valence-corrected chi connectivity index (χ2v) is 4.84. The first-order chi connectivity index (χ1) is 10.1. The molecule has 6 nitrogen and oxygen atoms in total. The fraction of sp³-hybridized carbons (Fsp3) is 0.333. The summed E-state index contributed by atoms with van der Waals surface area (Å²) in [6.07, 6.45) is 2.28. The number of likely N-dealkylation sites (N-methyl/N-ethyl adjacent to an activating group) is 1. The van der Waals surface area contributed by atoms with Gasteiger partial charge in [0.2, 0.25) is 11.8 Å². The molecule has 1 aromatic heterocycles. The Morgan fingerprint density at radius 2 is 2.05 bits per heavy atom. The van der Waals surface area contributed by atoms with E-state index in [4.69, 9.17) is 5.73 Å². The number of aromatic nitrogens is 1. The highest BCUT2D eigenvalue weighted by atomic mass is 16.2. The van der Waals surface area contributed by atoms with Gasteiger partial charge in [-0.3, -0.25) is 9.59 Å². The molecule has 1 atom stereocenters. The van der Waals surface area contributed by atoms with Crippen LogP contribution < -0.4 is 16.4 Å². The van der Waals surface area contributed by atoms with Gasteiger partial charge in [0.05, 0.1) is 12.6 Å². The first-order valence-corrected chi connectivity index (χ1v) is 6.96. The Bertz CT molecular complexity index is 635. The molecule has 5 N–H and O–H groups in total. The molecule has 0 fully saturated rings. The Morgan fingerprint density at radius 1 is 1.29 bits per heavy atom. The van der Waals surface area contributed by atoms with Crippen molar-refractivity contribution in [2.24, 2.45) is 5.73 Å². The van der Waals surface area contributed by atoms with E-state index in [2.05, 4.69) is 15.6 Å². The Morgan fingerprint density at radius 3 is 2.81 bits per heavy atom. The Balaban J connectivity index is 1.93. The highest BCUT2D eigenvalue weighted by molar-refractivity contribution is 5.88. The molecular weight excluding hydrogens is 268 g/mol. The lowest BCUT2D eigenvalue weighted by atomic mass is 10.1. The third kappa shape index (κ3) is 3.82. The van der Waals surface area contributed by atoms with E-state index in [0.29, 0.717) is 13.0 Å². The van der Waals surface area contributed by atoms with Gasteiger partial charge in [-0.05, 0) is 25.0 Å². The van der Waals surface area contributed by atoms with E-state index in [1.54, 1.807) is 0 Å². The Hall–Kier alpha value is -2.34. The lowest BCUT2D eigenvalue weighted by molar-refractivity contribution is -0.126. The normalized spacial score (nSPS) is 12.1. The van der Waals surface area contributed by atoms with E-state index in [-0.39, 0.29) is 18.4 Å². The molecule has 0 saturated heterocycles. The van der Waals surface area contributed by atoms with E-state index in [0.717, 1.165) is 16.5 Å². The second-order valence-electron chi connectivity index (χ2n) is 4.84. The minimum absolute atomic E-state index is 0.0474. The third-order valence-corrected chi connectivity index (χ3v) is 3.25. The van der Waals surface area contributed by atoms with Crippen LogP contribution in [0.3, 0.4) is 0 Å². The van der Waals surface area contributed by atoms with E-state index in [1.165, 1.54) is 0 Å². The van der Waals surface area contributed by atoms with Crippen LogP contribution in [0.15, 0.2) is 30.5 Å². The standard InChI is InChI=1S/C15H20N4O2/c1-2-17-14(20)9-19-15(21)12(16)7-10-8-18-13-6-4-3-5-11(10)13/h3-6,8,12,18H,2,7,9,16H2,1H3,(H,17,20)(H,19,21)/t12-/m0/s1. The summed E-state index contributed by atoms with van der Waals surface area (Å²) in [6.45, 7) is 2.31. The molecule has 0 aliphatic heterocycles. The average Bonchev–Trinajstić information content (AvgIpc) is 2.88. The minimum atomic E-state index is -0.682. The van der Waals surface area contributed by atoms with Gasteiger partial charge in [-0.1, -0.05) is 18.2 Å². The summed E-state index contributed by atoms with van der Waals surface area (Å²) in [4.78, 5) is 26.3. The van der Waals surface area contributed by atoms with E-state index < -0.39 is 6.04 Å². The monoisotopic (exact) mass is 288 g/mol. The summed E-state index contributed by atoms with van der Waals surface area (Å²) in [5.41, 5.74) is 7.91. The summed E-state index contributed by atoms with van der Waals surface area (Å²) in [5, 5.41) is 6.21. The van der Waals surface area contributed by atoms with Crippen LogP contribution in [0, 0.1) is 0 Å². The first kappa shape index (κ1) is 15.1. The molecule has 2 rings (SSSR count). The van der Waals surface area contributed by atoms with Crippen molar-refractivity contribution in [3.8, 4) is 0 Å². The van der Waals surface area contributed by atoms with Crippen molar-refractivity contribution in [1.82, 2.24) is 15.6 Å². The molecule has 0 spiro atoms. The van der Waals surface area contributed by atoms with Gasteiger partial charge < -0.3 is 21.4 Å². The Labute approximate surface area is 123 Å². The maximum atomic E-state index is 11.9. The molecule has 0 radical (unpaired) electrons. The molecule has 0 saturated carbocycles. The van der Waals surface area contributed by atoms with Crippen molar-refractivity contribution < 1.29 is 9.59 Å². The van der Waals surface area contributed by atoms with Crippen molar-refractivity contribution in [2.45, 2.75) is 19.4 Å². The number of amides is 2. The number of carbonyl (C=O) groups is 2. The number of nitrogens with one attached hydrogen (secondary N) is 3.